The second kappa shape index (κ2) is 5.60. The summed E-state index contributed by atoms with van der Waals surface area (Å²) >= 11 is 4.86. The number of aromatic nitrogens is 2. The molecule has 0 saturated heterocycles. The maximum atomic E-state index is 5.48. The van der Waals surface area contributed by atoms with Crippen LogP contribution in [0.2, 0.25) is 0 Å². The average Bonchev–Trinajstić information content (AvgIpc) is 2.18. The summed E-state index contributed by atoms with van der Waals surface area (Å²) in [6.45, 7) is 4.95. The second-order valence-corrected chi connectivity index (χ2v) is 4.08. The summed E-state index contributed by atoms with van der Waals surface area (Å²) in [6.07, 6.45) is 4.16. The van der Waals surface area contributed by atoms with Gasteiger partial charge in [0.2, 0.25) is 5.95 Å². The summed E-state index contributed by atoms with van der Waals surface area (Å²) in [6, 6.07) is 2.14. The van der Waals surface area contributed by atoms with Gasteiger partial charge in [-0.25, -0.2) is 9.97 Å². The minimum absolute atomic E-state index is 0.335. The van der Waals surface area contributed by atoms with Gasteiger partial charge < -0.3 is 10.6 Å². The molecule has 0 aliphatic carbocycles. The normalized spacial score (nSPS) is 10.3. The quantitative estimate of drug-likeness (QED) is 0.765. The zero-order chi connectivity index (χ0) is 11.3. The predicted octanol–water partition coefficient (Wildman–Crippen LogP) is 1.37. The largest absolute Gasteiger partial charge is 0.393 e. The average molecular weight is 224 g/mol. The van der Waals surface area contributed by atoms with E-state index in [1.807, 2.05) is 0 Å². The first-order valence-electron chi connectivity index (χ1n) is 4.93. The fourth-order valence-corrected chi connectivity index (χ4v) is 1.35. The molecule has 0 aliphatic rings. The lowest BCUT2D eigenvalue weighted by molar-refractivity contribution is 0.669. The smallest absolute Gasteiger partial charge is 0.225 e. The number of nitrogens with two attached hydrogens (primary N) is 1. The van der Waals surface area contributed by atoms with Crippen LogP contribution in [0.4, 0.5) is 5.95 Å². The Labute approximate surface area is 95.5 Å². The van der Waals surface area contributed by atoms with Crippen molar-refractivity contribution in [2.45, 2.75) is 26.3 Å². The van der Waals surface area contributed by atoms with Crippen LogP contribution in [0.15, 0.2) is 18.5 Å². The van der Waals surface area contributed by atoms with Crippen LogP contribution in [0.3, 0.4) is 0 Å². The molecular weight excluding hydrogens is 208 g/mol. The van der Waals surface area contributed by atoms with E-state index in [1.54, 1.807) is 18.5 Å². The van der Waals surface area contributed by atoms with Crippen LogP contribution in [-0.4, -0.2) is 27.5 Å². The van der Waals surface area contributed by atoms with Gasteiger partial charge in [0.25, 0.3) is 0 Å². The molecule has 0 fully saturated rings. The zero-order valence-electron chi connectivity index (χ0n) is 9.05. The van der Waals surface area contributed by atoms with E-state index in [0.717, 1.165) is 12.5 Å². The maximum absolute atomic E-state index is 5.48. The van der Waals surface area contributed by atoms with Crippen molar-refractivity contribution < 1.29 is 0 Å². The molecule has 1 aromatic heterocycles. The van der Waals surface area contributed by atoms with Crippen molar-refractivity contribution in [2.75, 3.05) is 11.4 Å². The van der Waals surface area contributed by atoms with E-state index in [2.05, 4.69) is 28.7 Å². The van der Waals surface area contributed by atoms with Gasteiger partial charge in [-0.2, -0.15) is 0 Å². The Balaban J connectivity index is 2.70. The summed E-state index contributed by atoms with van der Waals surface area (Å²) in [5.41, 5.74) is 5.48. The summed E-state index contributed by atoms with van der Waals surface area (Å²) in [5, 5.41) is 0. The van der Waals surface area contributed by atoms with Crippen LogP contribution in [0.25, 0.3) is 0 Å². The molecule has 0 atom stereocenters. The first-order chi connectivity index (χ1) is 7.11. The van der Waals surface area contributed by atoms with Crippen LogP contribution < -0.4 is 10.6 Å². The monoisotopic (exact) mass is 224 g/mol. The molecule has 0 amide bonds. The van der Waals surface area contributed by atoms with Gasteiger partial charge in [0.05, 0.1) is 4.99 Å². The molecule has 2 N–H and O–H groups in total. The third kappa shape index (κ3) is 3.79. The number of anilines is 1. The third-order valence-electron chi connectivity index (χ3n) is 2.03. The number of nitrogens with zero attached hydrogens (tertiary/aromatic N) is 3. The number of rotatable bonds is 5. The minimum atomic E-state index is 0.335. The molecule has 0 bridgehead atoms. The van der Waals surface area contributed by atoms with Gasteiger partial charge in [-0.15, -0.1) is 0 Å². The van der Waals surface area contributed by atoms with Crippen LogP contribution in [0, 0.1) is 0 Å². The number of thiocarbonyl (C=S) groups is 1. The lowest BCUT2D eigenvalue weighted by Gasteiger charge is -2.26. The summed E-state index contributed by atoms with van der Waals surface area (Å²) in [7, 11) is 0. The summed E-state index contributed by atoms with van der Waals surface area (Å²) < 4.78 is 0. The van der Waals surface area contributed by atoms with Crippen molar-refractivity contribution >= 4 is 23.2 Å². The molecule has 0 unspecified atom stereocenters. The SMILES string of the molecule is CC(C)N(CCC(N)=S)c1ncccn1. The van der Waals surface area contributed by atoms with Gasteiger partial charge in [-0.05, 0) is 19.9 Å². The van der Waals surface area contributed by atoms with E-state index in [-0.39, 0.29) is 0 Å². The topological polar surface area (TPSA) is 55.0 Å². The molecule has 82 valence electrons. The first-order valence-corrected chi connectivity index (χ1v) is 5.34. The number of hydrogen-bond donors (Lipinski definition) is 1. The van der Waals surface area contributed by atoms with Gasteiger partial charge in [-0.3, -0.25) is 0 Å². The van der Waals surface area contributed by atoms with E-state index in [0.29, 0.717) is 17.5 Å². The van der Waals surface area contributed by atoms with Crippen molar-refractivity contribution in [1.29, 1.82) is 0 Å². The highest BCUT2D eigenvalue weighted by atomic mass is 32.1. The second-order valence-electron chi connectivity index (χ2n) is 3.55. The predicted molar refractivity (Wildman–Crippen MR) is 65.9 cm³/mol. The van der Waals surface area contributed by atoms with E-state index >= 15 is 0 Å². The van der Waals surface area contributed by atoms with Gasteiger partial charge in [0, 0.05) is 31.4 Å². The molecule has 1 rings (SSSR count). The lowest BCUT2D eigenvalue weighted by Crippen LogP contribution is -2.34. The van der Waals surface area contributed by atoms with Crippen molar-refractivity contribution in [3.8, 4) is 0 Å². The van der Waals surface area contributed by atoms with Gasteiger partial charge in [0.1, 0.15) is 0 Å². The van der Waals surface area contributed by atoms with Crippen molar-refractivity contribution in [3.05, 3.63) is 18.5 Å². The highest BCUT2D eigenvalue weighted by molar-refractivity contribution is 7.80. The fourth-order valence-electron chi connectivity index (χ4n) is 1.26. The molecule has 0 aromatic carbocycles. The Morgan fingerprint density at radius 1 is 1.47 bits per heavy atom. The Hall–Kier alpha value is -1.23. The highest BCUT2D eigenvalue weighted by Gasteiger charge is 2.12. The molecule has 0 aliphatic heterocycles. The van der Waals surface area contributed by atoms with E-state index in [1.165, 1.54) is 0 Å². The van der Waals surface area contributed by atoms with Gasteiger partial charge >= 0.3 is 0 Å². The van der Waals surface area contributed by atoms with Crippen LogP contribution in [0.5, 0.6) is 0 Å². The molecule has 0 spiro atoms. The van der Waals surface area contributed by atoms with E-state index < -0.39 is 0 Å². The van der Waals surface area contributed by atoms with Gasteiger partial charge in [0.15, 0.2) is 0 Å². The zero-order valence-corrected chi connectivity index (χ0v) is 9.87. The van der Waals surface area contributed by atoms with Crippen molar-refractivity contribution in [3.63, 3.8) is 0 Å². The Morgan fingerprint density at radius 2 is 2.07 bits per heavy atom. The summed E-state index contributed by atoms with van der Waals surface area (Å²) in [5.74, 6) is 0.726. The molecule has 1 aromatic rings. The van der Waals surface area contributed by atoms with E-state index in [4.69, 9.17) is 18.0 Å². The molecule has 0 saturated carbocycles. The van der Waals surface area contributed by atoms with Crippen LogP contribution in [-0.2, 0) is 0 Å². The highest BCUT2D eigenvalue weighted by Crippen LogP contribution is 2.09. The molecule has 4 nitrogen and oxygen atoms in total. The van der Waals surface area contributed by atoms with Crippen LogP contribution in [0.1, 0.15) is 20.3 Å². The maximum Gasteiger partial charge on any atom is 0.225 e. The van der Waals surface area contributed by atoms with E-state index in [9.17, 15) is 0 Å². The van der Waals surface area contributed by atoms with Crippen LogP contribution >= 0.6 is 12.2 Å². The van der Waals surface area contributed by atoms with Crippen molar-refractivity contribution in [1.82, 2.24) is 9.97 Å². The third-order valence-corrected chi connectivity index (χ3v) is 2.24. The standard InChI is InChI=1S/C10H16N4S/c1-8(2)14(7-4-9(11)15)10-12-5-3-6-13-10/h3,5-6,8H,4,7H2,1-2H3,(H2,11,15). The minimum Gasteiger partial charge on any atom is -0.393 e. The lowest BCUT2D eigenvalue weighted by atomic mass is 10.3. The molecular formula is C10H16N4S. The Morgan fingerprint density at radius 3 is 2.53 bits per heavy atom. The molecule has 1 heterocycles. The molecule has 5 heteroatoms. The summed E-state index contributed by atoms with van der Waals surface area (Å²) in [4.78, 5) is 11.0. The Bertz CT molecular complexity index is 312. The van der Waals surface area contributed by atoms with Crippen molar-refractivity contribution in [2.24, 2.45) is 5.73 Å². The molecule has 15 heavy (non-hydrogen) atoms. The fraction of sp³-hybridized carbons (Fsp3) is 0.500. The molecule has 0 radical (unpaired) electrons. The Kier molecular flexibility index (Phi) is 4.42. The first kappa shape index (κ1) is 11.8. The number of hydrogen-bond acceptors (Lipinski definition) is 4. The van der Waals surface area contributed by atoms with Gasteiger partial charge in [-0.1, -0.05) is 12.2 Å².